The molecule has 0 aliphatic heterocycles. The van der Waals surface area contributed by atoms with Crippen LogP contribution in [0.3, 0.4) is 0 Å². The SMILES string of the molecule is CCCNC(=O)NC(=O)CNc1ccc(OCC)cc1. The van der Waals surface area contributed by atoms with Crippen molar-refractivity contribution in [2.45, 2.75) is 20.3 Å². The van der Waals surface area contributed by atoms with Crippen LogP contribution in [0.15, 0.2) is 24.3 Å². The number of hydrogen-bond donors (Lipinski definition) is 3. The second-order valence-electron chi connectivity index (χ2n) is 4.12. The van der Waals surface area contributed by atoms with Crippen molar-refractivity contribution in [3.8, 4) is 5.75 Å². The molecule has 1 aromatic rings. The summed E-state index contributed by atoms with van der Waals surface area (Å²) < 4.78 is 5.32. The highest BCUT2D eigenvalue weighted by molar-refractivity contribution is 5.96. The number of imide groups is 1. The van der Waals surface area contributed by atoms with E-state index in [2.05, 4.69) is 16.0 Å². The molecule has 0 saturated heterocycles. The number of urea groups is 1. The van der Waals surface area contributed by atoms with Crippen molar-refractivity contribution in [1.29, 1.82) is 0 Å². The molecule has 0 aliphatic rings. The number of anilines is 1. The zero-order chi connectivity index (χ0) is 14.8. The number of nitrogens with one attached hydrogen (secondary N) is 3. The van der Waals surface area contributed by atoms with Gasteiger partial charge in [-0.1, -0.05) is 6.92 Å². The van der Waals surface area contributed by atoms with Crippen molar-refractivity contribution >= 4 is 17.6 Å². The van der Waals surface area contributed by atoms with Gasteiger partial charge >= 0.3 is 6.03 Å². The highest BCUT2D eigenvalue weighted by Gasteiger charge is 2.06. The Morgan fingerprint density at radius 3 is 2.45 bits per heavy atom. The number of amides is 3. The third-order valence-corrected chi connectivity index (χ3v) is 2.41. The van der Waals surface area contributed by atoms with Crippen LogP contribution >= 0.6 is 0 Å². The van der Waals surface area contributed by atoms with E-state index in [1.165, 1.54) is 0 Å². The Labute approximate surface area is 118 Å². The fourth-order valence-corrected chi connectivity index (χ4v) is 1.47. The van der Waals surface area contributed by atoms with Gasteiger partial charge in [-0.2, -0.15) is 0 Å². The van der Waals surface area contributed by atoms with Crippen LogP contribution in [-0.2, 0) is 4.79 Å². The molecule has 0 fully saturated rings. The lowest BCUT2D eigenvalue weighted by Crippen LogP contribution is -2.42. The molecule has 3 amide bonds. The largest absolute Gasteiger partial charge is 0.494 e. The third-order valence-electron chi connectivity index (χ3n) is 2.41. The minimum atomic E-state index is -0.467. The van der Waals surface area contributed by atoms with Gasteiger partial charge in [0, 0.05) is 12.2 Å². The average Bonchev–Trinajstić information content (AvgIpc) is 2.45. The highest BCUT2D eigenvalue weighted by Crippen LogP contribution is 2.15. The Kier molecular flexibility index (Phi) is 6.95. The van der Waals surface area contributed by atoms with Crippen LogP contribution in [0.4, 0.5) is 10.5 Å². The first kappa shape index (κ1) is 15.8. The third kappa shape index (κ3) is 6.08. The van der Waals surface area contributed by atoms with Crippen LogP contribution in [0.2, 0.25) is 0 Å². The van der Waals surface area contributed by atoms with E-state index in [-0.39, 0.29) is 12.5 Å². The molecule has 3 N–H and O–H groups in total. The summed E-state index contributed by atoms with van der Waals surface area (Å²) >= 11 is 0. The molecule has 0 aliphatic carbocycles. The zero-order valence-corrected chi connectivity index (χ0v) is 11.9. The number of hydrogen-bond acceptors (Lipinski definition) is 4. The molecule has 110 valence electrons. The molecule has 6 nitrogen and oxygen atoms in total. The number of carbonyl (C=O) groups excluding carboxylic acids is 2. The lowest BCUT2D eigenvalue weighted by atomic mass is 10.3. The predicted octanol–water partition coefficient (Wildman–Crippen LogP) is 1.73. The molecule has 0 saturated carbocycles. The summed E-state index contributed by atoms with van der Waals surface area (Å²) in [4.78, 5) is 22.8. The topological polar surface area (TPSA) is 79.5 Å². The van der Waals surface area contributed by atoms with Crippen LogP contribution in [0.25, 0.3) is 0 Å². The summed E-state index contributed by atoms with van der Waals surface area (Å²) in [5, 5.41) is 7.74. The minimum absolute atomic E-state index is 0.0352. The molecular weight excluding hydrogens is 258 g/mol. The van der Waals surface area contributed by atoms with E-state index in [9.17, 15) is 9.59 Å². The predicted molar refractivity (Wildman–Crippen MR) is 77.9 cm³/mol. The summed E-state index contributed by atoms with van der Waals surface area (Å²) in [6.45, 7) is 5.05. The van der Waals surface area contributed by atoms with Gasteiger partial charge in [0.1, 0.15) is 5.75 Å². The van der Waals surface area contributed by atoms with Gasteiger partial charge < -0.3 is 15.4 Å². The van der Waals surface area contributed by atoms with Gasteiger partial charge in [-0.3, -0.25) is 10.1 Å². The van der Waals surface area contributed by atoms with Crippen molar-refractivity contribution in [3.63, 3.8) is 0 Å². The normalized spacial score (nSPS) is 9.70. The maximum Gasteiger partial charge on any atom is 0.321 e. The summed E-state index contributed by atoms with van der Waals surface area (Å²) in [5.74, 6) is 0.397. The summed E-state index contributed by atoms with van der Waals surface area (Å²) in [5.41, 5.74) is 0.789. The van der Waals surface area contributed by atoms with E-state index < -0.39 is 6.03 Å². The zero-order valence-electron chi connectivity index (χ0n) is 11.9. The molecule has 0 spiro atoms. The fraction of sp³-hybridized carbons (Fsp3) is 0.429. The van der Waals surface area contributed by atoms with Crippen LogP contribution in [0, 0.1) is 0 Å². The van der Waals surface area contributed by atoms with E-state index in [1.807, 2.05) is 38.1 Å². The smallest absolute Gasteiger partial charge is 0.321 e. The molecule has 0 radical (unpaired) electrons. The maximum atomic E-state index is 11.5. The average molecular weight is 279 g/mol. The number of ether oxygens (including phenoxy) is 1. The first-order valence-electron chi connectivity index (χ1n) is 6.70. The Bertz CT molecular complexity index is 432. The lowest BCUT2D eigenvalue weighted by molar-refractivity contribution is -0.118. The Hall–Kier alpha value is -2.24. The van der Waals surface area contributed by atoms with E-state index in [0.717, 1.165) is 17.9 Å². The van der Waals surface area contributed by atoms with E-state index in [0.29, 0.717) is 13.2 Å². The molecule has 1 rings (SSSR count). The molecule has 0 unspecified atom stereocenters. The fourth-order valence-electron chi connectivity index (χ4n) is 1.47. The lowest BCUT2D eigenvalue weighted by Gasteiger charge is -2.08. The van der Waals surface area contributed by atoms with Gasteiger partial charge in [-0.15, -0.1) is 0 Å². The van der Waals surface area contributed by atoms with Gasteiger partial charge in [0.15, 0.2) is 0 Å². The molecule has 0 bridgehead atoms. The van der Waals surface area contributed by atoms with Crippen molar-refractivity contribution in [1.82, 2.24) is 10.6 Å². The van der Waals surface area contributed by atoms with Gasteiger partial charge in [0.2, 0.25) is 5.91 Å². The van der Waals surface area contributed by atoms with E-state index >= 15 is 0 Å². The first-order chi connectivity index (χ1) is 9.65. The monoisotopic (exact) mass is 279 g/mol. The maximum absolute atomic E-state index is 11.5. The molecule has 1 aromatic carbocycles. The van der Waals surface area contributed by atoms with Crippen LogP contribution in [0.5, 0.6) is 5.75 Å². The van der Waals surface area contributed by atoms with Crippen LogP contribution < -0.4 is 20.7 Å². The van der Waals surface area contributed by atoms with Crippen molar-refractivity contribution in [2.75, 3.05) is 25.0 Å². The molecule has 0 atom stereocenters. The molecule has 6 heteroatoms. The number of carbonyl (C=O) groups is 2. The molecular formula is C14H21N3O3. The Balaban J connectivity index is 2.31. The van der Waals surface area contributed by atoms with E-state index in [4.69, 9.17) is 4.74 Å². The second-order valence-corrected chi connectivity index (χ2v) is 4.12. The summed E-state index contributed by atoms with van der Waals surface area (Å²) in [6.07, 6.45) is 0.825. The molecule has 0 heterocycles. The summed E-state index contributed by atoms with van der Waals surface area (Å²) in [7, 11) is 0. The van der Waals surface area contributed by atoms with Crippen LogP contribution in [-0.4, -0.2) is 31.6 Å². The standard InChI is InChI=1S/C14H21N3O3/c1-3-9-15-14(19)17-13(18)10-16-11-5-7-12(8-6-11)20-4-2/h5-8,16H,3-4,9-10H2,1-2H3,(H2,15,17,18,19). The van der Waals surface area contributed by atoms with Crippen LogP contribution in [0.1, 0.15) is 20.3 Å². The molecule has 0 aromatic heterocycles. The van der Waals surface area contributed by atoms with Gasteiger partial charge in [0.05, 0.1) is 13.2 Å². The van der Waals surface area contributed by atoms with Gasteiger partial charge in [-0.25, -0.2) is 4.79 Å². The number of benzene rings is 1. The second kappa shape index (κ2) is 8.79. The molecule has 20 heavy (non-hydrogen) atoms. The highest BCUT2D eigenvalue weighted by atomic mass is 16.5. The van der Waals surface area contributed by atoms with Crippen molar-refractivity contribution in [2.24, 2.45) is 0 Å². The number of rotatable bonds is 7. The Morgan fingerprint density at radius 1 is 1.15 bits per heavy atom. The van der Waals surface area contributed by atoms with Gasteiger partial charge in [-0.05, 0) is 37.6 Å². The summed E-state index contributed by atoms with van der Waals surface area (Å²) in [6, 6.07) is 6.80. The first-order valence-corrected chi connectivity index (χ1v) is 6.70. The van der Waals surface area contributed by atoms with Crippen molar-refractivity contribution < 1.29 is 14.3 Å². The van der Waals surface area contributed by atoms with E-state index in [1.54, 1.807) is 0 Å². The minimum Gasteiger partial charge on any atom is -0.494 e. The quantitative estimate of drug-likeness (QED) is 0.710. The van der Waals surface area contributed by atoms with Crippen molar-refractivity contribution in [3.05, 3.63) is 24.3 Å². The van der Waals surface area contributed by atoms with Gasteiger partial charge in [0.25, 0.3) is 0 Å². The Morgan fingerprint density at radius 2 is 1.85 bits per heavy atom.